The van der Waals surface area contributed by atoms with Gasteiger partial charge in [0.15, 0.2) is 18.7 Å². The van der Waals surface area contributed by atoms with Crippen LogP contribution >= 0.6 is 0 Å². The van der Waals surface area contributed by atoms with E-state index in [2.05, 4.69) is 5.32 Å². The number of likely N-dealkylation sites (N-methyl/N-ethyl adjacent to an activating group) is 1. The molecule has 1 aromatic rings. The van der Waals surface area contributed by atoms with Crippen LogP contribution in [0.1, 0.15) is 115 Å². The molecule has 0 amide bonds. The van der Waals surface area contributed by atoms with E-state index in [0.717, 1.165) is 0 Å². The number of cyclic esters (lactones) is 1. The van der Waals surface area contributed by atoms with Crippen molar-refractivity contribution in [2.24, 2.45) is 23.7 Å². The highest BCUT2D eigenvalue weighted by Gasteiger charge is 2.54. The molecular formula is C51H84N2O19. The number of aliphatic carboxylic acids is 1. The summed E-state index contributed by atoms with van der Waals surface area (Å²) < 4.78 is 48.8. The van der Waals surface area contributed by atoms with Gasteiger partial charge in [-0.05, 0) is 106 Å². The number of anilines is 1. The van der Waals surface area contributed by atoms with Gasteiger partial charge in [0.2, 0.25) is 0 Å². The first-order valence-electron chi connectivity index (χ1n) is 24.9. The maximum absolute atomic E-state index is 14.3. The van der Waals surface area contributed by atoms with Crippen molar-refractivity contribution in [3.63, 3.8) is 0 Å². The van der Waals surface area contributed by atoms with Crippen molar-refractivity contribution in [2.75, 3.05) is 39.7 Å². The van der Waals surface area contributed by atoms with Gasteiger partial charge in [0.05, 0.1) is 73.1 Å². The van der Waals surface area contributed by atoms with Crippen molar-refractivity contribution in [3.8, 4) is 5.75 Å². The maximum atomic E-state index is 14.3. The lowest BCUT2D eigenvalue weighted by Crippen LogP contribution is -2.61. The van der Waals surface area contributed by atoms with E-state index in [4.69, 9.17) is 48.1 Å². The average molecular weight is 1030 g/mol. The quantitative estimate of drug-likeness (QED) is 0.0751. The molecule has 0 spiro atoms. The highest BCUT2D eigenvalue weighted by Crippen LogP contribution is 2.41. The second-order valence-electron chi connectivity index (χ2n) is 20.5. The van der Waals surface area contributed by atoms with Gasteiger partial charge in [0, 0.05) is 37.0 Å². The molecule has 0 aromatic heterocycles. The number of rotatable bonds is 15. The fraction of sp³-hybridized carbons (Fsp3) is 0.784. The Kier molecular flexibility index (Phi) is 23.3. The smallest absolute Gasteiger partial charge is 0.322 e. The molecule has 3 aliphatic heterocycles. The molecule has 0 radical (unpaired) electrons. The Balaban J connectivity index is 0.000000993. The van der Waals surface area contributed by atoms with E-state index < -0.39 is 138 Å². The van der Waals surface area contributed by atoms with Crippen molar-refractivity contribution in [2.45, 2.75) is 199 Å². The van der Waals surface area contributed by atoms with Crippen LogP contribution in [0.2, 0.25) is 0 Å². The lowest BCUT2D eigenvalue weighted by molar-refractivity contribution is -0.319. The van der Waals surface area contributed by atoms with Gasteiger partial charge in [-0.3, -0.25) is 24.0 Å². The number of methoxy groups -OCH3 is 1. The lowest BCUT2D eigenvalue weighted by atomic mass is 9.74. The number of carbonyl (C=O) groups is 5. The molecule has 0 aliphatic carbocycles. The van der Waals surface area contributed by atoms with Crippen molar-refractivity contribution in [3.05, 3.63) is 24.3 Å². The number of ether oxygens (including phenoxy) is 8. The molecule has 21 heteroatoms. The Bertz CT molecular complexity index is 1920. The van der Waals surface area contributed by atoms with E-state index in [9.17, 15) is 44.4 Å². The van der Waals surface area contributed by atoms with Gasteiger partial charge in [-0.15, -0.1) is 0 Å². The highest BCUT2D eigenvalue weighted by atomic mass is 16.7. The van der Waals surface area contributed by atoms with Gasteiger partial charge >= 0.3 is 23.9 Å². The first-order valence-corrected chi connectivity index (χ1v) is 24.9. The number of aliphatic hydroxyl groups excluding tert-OH is 2. The number of nitrogens with zero attached hydrogens (tertiary/aromatic N) is 1. The molecular weight excluding hydrogens is 945 g/mol. The summed E-state index contributed by atoms with van der Waals surface area (Å²) in [5.74, 6) is -7.40. The Morgan fingerprint density at radius 2 is 1.46 bits per heavy atom. The van der Waals surface area contributed by atoms with Gasteiger partial charge in [0.1, 0.15) is 35.9 Å². The number of esters is 3. The van der Waals surface area contributed by atoms with E-state index in [1.54, 1.807) is 60.6 Å². The summed E-state index contributed by atoms with van der Waals surface area (Å²) in [6.07, 6.45) is -11.1. The average Bonchev–Trinajstić information content (AvgIpc) is 3.31. The SMILES string of the molecule is CCOC(=O)CCC(=O)O[C@H]1[C@H](O[C@@H]2[C@@H](C)[C@H](O[C@H]3C[C@@](C)(OC)[C@@H](O)[C@H](C)O3)[C@@H](C)C(=O)O[C@H](CC)[C@@](C)(O)[C@H](O)[C@@H](C)C(=O)[C@H](C)C[C@@]2(C)O)O[C@H](C)C[C@@H]1N(C)C.O=C(O)CNc1ccc(O)cc1. The molecule has 4 rings (SSSR count). The van der Waals surface area contributed by atoms with Crippen molar-refractivity contribution < 1.29 is 92.5 Å². The molecule has 412 valence electrons. The number of carboxylic acids is 1. The molecule has 18 atom stereocenters. The summed E-state index contributed by atoms with van der Waals surface area (Å²) in [6, 6.07) is 5.76. The van der Waals surface area contributed by atoms with Crippen molar-refractivity contribution >= 4 is 35.3 Å². The molecule has 21 nitrogen and oxygen atoms in total. The number of aromatic hydroxyl groups is 1. The molecule has 7 N–H and O–H groups in total. The second-order valence-corrected chi connectivity index (χ2v) is 20.5. The molecule has 72 heavy (non-hydrogen) atoms. The van der Waals surface area contributed by atoms with Crippen molar-refractivity contribution in [1.82, 2.24) is 4.90 Å². The number of phenolic OH excluding ortho intramolecular Hbond substituents is 1. The summed E-state index contributed by atoms with van der Waals surface area (Å²) in [5.41, 5.74) is -4.38. The van der Waals surface area contributed by atoms with Crippen LogP contribution in [0.15, 0.2) is 24.3 Å². The summed E-state index contributed by atoms with van der Waals surface area (Å²) in [4.78, 5) is 65.8. The van der Waals surface area contributed by atoms with E-state index in [1.165, 1.54) is 40.0 Å². The number of phenols is 1. The summed E-state index contributed by atoms with van der Waals surface area (Å²) >= 11 is 0. The Morgan fingerprint density at radius 1 is 0.847 bits per heavy atom. The Morgan fingerprint density at radius 3 is 2.01 bits per heavy atom. The molecule has 3 saturated heterocycles. The third-order valence-corrected chi connectivity index (χ3v) is 14.2. The molecule has 3 fully saturated rings. The van der Waals surface area contributed by atoms with Crippen LogP contribution in [-0.4, -0.2) is 184 Å². The highest BCUT2D eigenvalue weighted by molar-refractivity contribution is 5.83. The lowest BCUT2D eigenvalue weighted by Gasteiger charge is -2.49. The fourth-order valence-corrected chi connectivity index (χ4v) is 9.93. The summed E-state index contributed by atoms with van der Waals surface area (Å²) in [7, 11) is 5.09. The maximum Gasteiger partial charge on any atom is 0.322 e. The minimum atomic E-state index is -2.04. The molecule has 0 saturated carbocycles. The number of ketones is 1. The second kappa shape index (κ2) is 27.0. The predicted molar refractivity (Wildman–Crippen MR) is 260 cm³/mol. The summed E-state index contributed by atoms with van der Waals surface area (Å²) in [6.45, 7) is 17.8. The van der Waals surface area contributed by atoms with Crippen LogP contribution < -0.4 is 5.32 Å². The molecule has 0 unspecified atom stereocenters. The van der Waals surface area contributed by atoms with Gasteiger partial charge in [-0.25, -0.2) is 0 Å². The van der Waals surface area contributed by atoms with Crippen LogP contribution in [0.5, 0.6) is 5.75 Å². The number of carboxylic acid groups (broad SMARTS) is 1. The van der Waals surface area contributed by atoms with E-state index in [-0.39, 0.29) is 51.0 Å². The first kappa shape index (κ1) is 62.3. The van der Waals surface area contributed by atoms with Gasteiger partial charge in [-0.2, -0.15) is 0 Å². The van der Waals surface area contributed by atoms with Gasteiger partial charge < -0.3 is 78.8 Å². The van der Waals surface area contributed by atoms with Gasteiger partial charge in [-0.1, -0.05) is 27.7 Å². The number of carbonyl (C=O) groups excluding carboxylic acids is 4. The first-order chi connectivity index (χ1) is 33.4. The zero-order valence-electron chi connectivity index (χ0n) is 44.6. The van der Waals surface area contributed by atoms with Crippen LogP contribution in [0, 0.1) is 23.7 Å². The fourth-order valence-electron chi connectivity index (χ4n) is 9.93. The largest absolute Gasteiger partial charge is 0.508 e. The number of benzene rings is 1. The Labute approximate surface area is 424 Å². The third-order valence-electron chi connectivity index (χ3n) is 14.2. The number of hydrogen-bond acceptors (Lipinski definition) is 20. The zero-order valence-corrected chi connectivity index (χ0v) is 44.6. The van der Waals surface area contributed by atoms with Crippen LogP contribution in [0.4, 0.5) is 5.69 Å². The molecule has 3 aliphatic rings. The van der Waals surface area contributed by atoms with Crippen LogP contribution in [-0.2, 0) is 61.9 Å². The van der Waals surface area contributed by atoms with E-state index >= 15 is 0 Å². The number of nitrogens with one attached hydrogen (secondary N) is 1. The van der Waals surface area contributed by atoms with Crippen LogP contribution in [0.3, 0.4) is 0 Å². The van der Waals surface area contributed by atoms with E-state index in [1.807, 2.05) is 25.9 Å². The molecule has 1 aromatic carbocycles. The Hall–Kier alpha value is -4.03. The van der Waals surface area contributed by atoms with Crippen LogP contribution in [0.25, 0.3) is 0 Å². The normalized spacial score (nSPS) is 38.1. The van der Waals surface area contributed by atoms with Gasteiger partial charge in [0.25, 0.3) is 0 Å². The number of Topliss-reactive ketones (excluding diaryl/α,β-unsaturated/α-hetero) is 1. The minimum absolute atomic E-state index is 0.0431. The number of hydrogen-bond donors (Lipinski definition) is 7. The third kappa shape index (κ3) is 16.5. The van der Waals surface area contributed by atoms with Crippen molar-refractivity contribution in [1.29, 1.82) is 0 Å². The summed E-state index contributed by atoms with van der Waals surface area (Å²) in [5, 5.41) is 66.7. The number of aliphatic hydroxyl groups is 4. The minimum Gasteiger partial charge on any atom is -0.508 e. The zero-order chi connectivity index (χ0) is 54.6. The molecule has 3 heterocycles. The molecule has 0 bridgehead atoms. The standard InChI is InChI=1S/C43H75NO16.C8H9NO3/c1-15-29-43(11,52)36(48)24(5)33(47)22(3)20-41(9,51)38(25(6)34(26(7)39(50)57-29)59-32-21-42(10,53-14)37(49)27(8)56-32)60-40-35(28(44(12)13)19-23(4)55-40)58-31(46)18-17-30(45)54-16-2;10-7-3-1-6(2-4-7)9-5-8(11)12/h22-29,32,34-38,40,48-49,51-52H,15-21H2,1-14H3;1-4,9-10H,5H2,(H,11,12)/t22-,23-,24+,25+,26-,27+,28+,29-,32+,34+,35-,36-,37+,38-,40+,41-,42-,43-;/m1./s1. The van der Waals surface area contributed by atoms with E-state index in [0.29, 0.717) is 12.1 Å². The monoisotopic (exact) mass is 1030 g/mol. The predicted octanol–water partition coefficient (Wildman–Crippen LogP) is 3.57. The topological polar surface area (TPSA) is 296 Å².